The smallest absolute Gasteiger partial charge is 0.164 e. The van der Waals surface area contributed by atoms with Gasteiger partial charge in [-0.1, -0.05) is 105 Å². The molecule has 4 heteroatoms. The van der Waals surface area contributed by atoms with E-state index in [4.69, 9.17) is 20.2 Å². The van der Waals surface area contributed by atoms with Gasteiger partial charge in [0.15, 0.2) is 17.5 Å². The fourth-order valence-electron chi connectivity index (χ4n) is 7.93. The quantitative estimate of drug-likeness (QED) is 0.215. The SMILES string of the molecule is C[C@@H]1CC2C[C@H](C)CC(c3ccc(-c4nc(-c5ccccc5)nc(-c5ccc(-c6ccc(C#N)cc6)cc5)n4)cc3)(C2)C1. The van der Waals surface area contributed by atoms with Gasteiger partial charge in [-0.25, -0.2) is 15.0 Å². The summed E-state index contributed by atoms with van der Waals surface area (Å²) < 4.78 is 0. The minimum Gasteiger partial charge on any atom is -0.208 e. The molecule has 0 aliphatic heterocycles. The average Bonchev–Trinajstić information content (AvgIpc) is 3.04. The van der Waals surface area contributed by atoms with Crippen molar-refractivity contribution in [2.24, 2.45) is 17.8 Å². The van der Waals surface area contributed by atoms with E-state index in [-0.39, 0.29) is 0 Å². The van der Waals surface area contributed by atoms with Gasteiger partial charge < -0.3 is 0 Å². The standard InChI is InChI=1S/C39H36N4/c1-26-20-29-21-27(2)23-39(22-26,24-29)35-18-16-34(17-19-35)38-42-36(32-6-4-3-5-7-32)41-37(43-38)33-14-12-31(13-15-33)30-10-8-28(25-40)9-11-30/h3-19,26-27,29H,20-24H2,1-2H3/t26-,27+,29?,39?. The summed E-state index contributed by atoms with van der Waals surface area (Å²) in [5.41, 5.74) is 7.51. The van der Waals surface area contributed by atoms with E-state index in [2.05, 4.69) is 68.4 Å². The summed E-state index contributed by atoms with van der Waals surface area (Å²) in [4.78, 5) is 14.9. The third-order valence-electron chi connectivity index (χ3n) is 9.54. The van der Waals surface area contributed by atoms with Crippen LogP contribution < -0.4 is 0 Å². The predicted octanol–water partition coefficient (Wildman–Crippen LogP) is 9.52. The van der Waals surface area contributed by atoms with Crippen molar-refractivity contribution in [1.29, 1.82) is 5.26 Å². The highest BCUT2D eigenvalue weighted by Gasteiger charge is 2.45. The maximum Gasteiger partial charge on any atom is 0.164 e. The Bertz CT molecular complexity index is 1750. The van der Waals surface area contributed by atoms with Gasteiger partial charge in [-0.3, -0.25) is 0 Å². The Hall–Kier alpha value is -4.62. The van der Waals surface area contributed by atoms with Crippen LogP contribution in [0.5, 0.6) is 0 Å². The molecule has 2 aliphatic carbocycles. The normalized spacial score (nSPS) is 23.0. The van der Waals surface area contributed by atoms with Gasteiger partial charge in [-0.15, -0.1) is 0 Å². The van der Waals surface area contributed by atoms with E-state index in [1.807, 2.05) is 54.6 Å². The molecule has 4 nitrogen and oxygen atoms in total. The number of benzene rings is 4. The van der Waals surface area contributed by atoms with E-state index in [0.29, 0.717) is 28.5 Å². The molecule has 1 heterocycles. The number of aromatic nitrogens is 3. The van der Waals surface area contributed by atoms with Crippen LogP contribution in [-0.2, 0) is 5.41 Å². The van der Waals surface area contributed by atoms with E-state index >= 15 is 0 Å². The minimum absolute atomic E-state index is 0.300. The van der Waals surface area contributed by atoms with Crippen LogP contribution in [0.4, 0.5) is 0 Å². The lowest BCUT2D eigenvalue weighted by molar-refractivity contribution is 0.0780. The third-order valence-corrected chi connectivity index (χ3v) is 9.54. The lowest BCUT2D eigenvalue weighted by Gasteiger charge is -2.50. The van der Waals surface area contributed by atoms with E-state index in [1.165, 1.54) is 37.7 Å². The van der Waals surface area contributed by atoms with E-state index in [1.54, 1.807) is 0 Å². The lowest BCUT2D eigenvalue weighted by atomic mass is 9.54. The highest BCUT2D eigenvalue weighted by molar-refractivity contribution is 5.70. The van der Waals surface area contributed by atoms with Gasteiger partial charge in [0, 0.05) is 16.7 Å². The van der Waals surface area contributed by atoms with Crippen molar-refractivity contribution in [3.05, 3.63) is 114 Å². The van der Waals surface area contributed by atoms with Crippen LogP contribution in [0.15, 0.2) is 103 Å². The second-order valence-corrected chi connectivity index (χ2v) is 13.0. The molecule has 0 radical (unpaired) electrons. The van der Waals surface area contributed by atoms with Crippen molar-refractivity contribution in [1.82, 2.24) is 15.0 Å². The predicted molar refractivity (Wildman–Crippen MR) is 173 cm³/mol. The molecule has 2 saturated carbocycles. The van der Waals surface area contributed by atoms with Crippen molar-refractivity contribution >= 4 is 0 Å². The van der Waals surface area contributed by atoms with Gasteiger partial charge in [0.2, 0.25) is 0 Å². The number of hydrogen-bond donors (Lipinski definition) is 0. The summed E-state index contributed by atoms with van der Waals surface area (Å²) in [6.45, 7) is 4.89. The number of rotatable bonds is 5. The summed E-state index contributed by atoms with van der Waals surface area (Å²) in [6.07, 6.45) is 6.68. The monoisotopic (exact) mass is 560 g/mol. The third kappa shape index (κ3) is 5.48. The Morgan fingerprint density at radius 3 is 1.51 bits per heavy atom. The van der Waals surface area contributed by atoms with Crippen LogP contribution >= 0.6 is 0 Å². The van der Waals surface area contributed by atoms with Crippen molar-refractivity contribution in [3.63, 3.8) is 0 Å². The zero-order chi connectivity index (χ0) is 29.4. The highest BCUT2D eigenvalue weighted by Crippen LogP contribution is 2.54. The van der Waals surface area contributed by atoms with Crippen molar-refractivity contribution < 1.29 is 0 Å². The summed E-state index contributed by atoms with van der Waals surface area (Å²) in [7, 11) is 0. The Labute approximate surface area is 254 Å². The largest absolute Gasteiger partial charge is 0.208 e. The maximum atomic E-state index is 9.13. The van der Waals surface area contributed by atoms with Crippen molar-refractivity contribution in [3.8, 4) is 51.4 Å². The molecular weight excluding hydrogens is 524 g/mol. The Balaban J connectivity index is 1.24. The first-order valence-corrected chi connectivity index (χ1v) is 15.5. The van der Waals surface area contributed by atoms with Gasteiger partial charge >= 0.3 is 0 Å². The Kier molecular flexibility index (Phi) is 7.11. The summed E-state index contributed by atoms with van der Waals surface area (Å²) >= 11 is 0. The summed E-state index contributed by atoms with van der Waals surface area (Å²) in [6, 6.07) is 37.4. The van der Waals surface area contributed by atoms with Crippen LogP contribution in [0.2, 0.25) is 0 Å². The van der Waals surface area contributed by atoms with Crippen LogP contribution in [0.3, 0.4) is 0 Å². The first-order valence-electron chi connectivity index (χ1n) is 15.5. The Morgan fingerprint density at radius 2 is 1.00 bits per heavy atom. The molecule has 2 aliphatic rings. The number of fused-ring (bicyclic) bond motifs is 2. The zero-order valence-electron chi connectivity index (χ0n) is 24.9. The number of hydrogen-bond acceptors (Lipinski definition) is 4. The molecule has 0 amide bonds. The molecule has 0 saturated heterocycles. The van der Waals surface area contributed by atoms with Gasteiger partial charge in [0.1, 0.15) is 0 Å². The molecule has 2 bridgehead atoms. The molecule has 0 N–H and O–H groups in total. The highest BCUT2D eigenvalue weighted by atomic mass is 15.0. The molecule has 212 valence electrons. The molecule has 0 spiro atoms. The maximum absolute atomic E-state index is 9.13. The van der Waals surface area contributed by atoms with Crippen LogP contribution in [0.1, 0.15) is 57.1 Å². The molecular formula is C39H36N4. The van der Waals surface area contributed by atoms with Crippen LogP contribution in [-0.4, -0.2) is 15.0 Å². The Morgan fingerprint density at radius 1 is 0.558 bits per heavy atom. The fourth-order valence-corrected chi connectivity index (χ4v) is 7.93. The molecule has 4 atom stereocenters. The molecule has 5 aromatic rings. The summed E-state index contributed by atoms with van der Waals surface area (Å²) in [5, 5.41) is 9.13. The second kappa shape index (κ2) is 11.2. The van der Waals surface area contributed by atoms with Crippen LogP contribution in [0.25, 0.3) is 45.3 Å². The minimum atomic E-state index is 0.300. The lowest BCUT2D eigenvalue weighted by Crippen LogP contribution is -2.42. The van der Waals surface area contributed by atoms with E-state index in [9.17, 15) is 0 Å². The van der Waals surface area contributed by atoms with E-state index in [0.717, 1.165) is 45.6 Å². The van der Waals surface area contributed by atoms with E-state index < -0.39 is 0 Å². The van der Waals surface area contributed by atoms with Gasteiger partial charge in [0.05, 0.1) is 11.6 Å². The molecule has 2 unspecified atom stereocenters. The number of nitrogens with zero attached hydrogens (tertiary/aromatic N) is 4. The first kappa shape index (κ1) is 27.2. The van der Waals surface area contributed by atoms with Crippen molar-refractivity contribution in [2.45, 2.75) is 51.4 Å². The fraction of sp³-hybridized carbons (Fsp3) is 0.282. The molecule has 7 rings (SSSR count). The average molecular weight is 561 g/mol. The van der Waals surface area contributed by atoms with Gasteiger partial charge in [0.25, 0.3) is 0 Å². The summed E-state index contributed by atoms with van der Waals surface area (Å²) in [5.74, 6) is 4.45. The molecule has 4 aromatic carbocycles. The second-order valence-electron chi connectivity index (χ2n) is 13.0. The van der Waals surface area contributed by atoms with Gasteiger partial charge in [-0.05, 0) is 84.1 Å². The molecule has 2 fully saturated rings. The van der Waals surface area contributed by atoms with Crippen molar-refractivity contribution in [2.75, 3.05) is 0 Å². The molecule has 1 aromatic heterocycles. The topological polar surface area (TPSA) is 62.5 Å². The van der Waals surface area contributed by atoms with Crippen LogP contribution in [0, 0.1) is 29.1 Å². The molecule has 43 heavy (non-hydrogen) atoms. The number of nitriles is 1. The van der Waals surface area contributed by atoms with Gasteiger partial charge in [-0.2, -0.15) is 5.26 Å². The first-order chi connectivity index (χ1) is 21.0. The zero-order valence-corrected chi connectivity index (χ0v) is 24.9.